The zero-order chi connectivity index (χ0) is 21.3. The predicted octanol–water partition coefficient (Wildman–Crippen LogP) is 5.41. The molecule has 2 atom stereocenters. The number of ether oxygens (including phenoxy) is 2. The third-order valence-electron chi connectivity index (χ3n) is 5.16. The number of rotatable bonds is 2. The monoisotopic (exact) mass is 398 g/mol. The molecular formula is C24H30O5. The maximum atomic E-state index is 12.8. The molecule has 2 aliphatic heterocycles. The van der Waals surface area contributed by atoms with Crippen molar-refractivity contribution in [2.45, 2.75) is 72.0 Å². The average Bonchev–Trinajstić information content (AvgIpc) is 3.12. The van der Waals surface area contributed by atoms with Gasteiger partial charge < -0.3 is 13.9 Å². The molecule has 0 unspecified atom stereocenters. The molecule has 3 rings (SSSR count). The highest BCUT2D eigenvalue weighted by molar-refractivity contribution is 5.92. The van der Waals surface area contributed by atoms with Crippen molar-refractivity contribution in [3.05, 3.63) is 52.5 Å². The van der Waals surface area contributed by atoms with E-state index in [1.165, 1.54) is 0 Å². The van der Waals surface area contributed by atoms with Crippen LogP contribution in [0.2, 0.25) is 0 Å². The molecule has 0 saturated carbocycles. The van der Waals surface area contributed by atoms with E-state index in [0.29, 0.717) is 36.3 Å². The van der Waals surface area contributed by atoms with Gasteiger partial charge in [-0.15, -0.1) is 0 Å². The maximum Gasteiger partial charge on any atom is 0.342 e. The third kappa shape index (κ3) is 5.28. The third-order valence-corrected chi connectivity index (χ3v) is 5.16. The molecular weight excluding hydrogens is 368 g/mol. The van der Waals surface area contributed by atoms with E-state index >= 15 is 0 Å². The Morgan fingerprint density at radius 2 is 2.00 bits per heavy atom. The number of furan rings is 1. The van der Waals surface area contributed by atoms with Crippen LogP contribution in [0.4, 0.5) is 0 Å². The van der Waals surface area contributed by atoms with Crippen LogP contribution in [0.5, 0.6) is 0 Å². The van der Waals surface area contributed by atoms with Crippen molar-refractivity contribution in [3.8, 4) is 0 Å². The van der Waals surface area contributed by atoms with Crippen molar-refractivity contribution in [3.63, 3.8) is 0 Å². The van der Waals surface area contributed by atoms with Crippen LogP contribution < -0.4 is 0 Å². The molecule has 1 aromatic rings. The summed E-state index contributed by atoms with van der Waals surface area (Å²) in [6, 6.07) is 1.75. The van der Waals surface area contributed by atoms with Crippen LogP contribution in [0, 0.1) is 5.92 Å². The van der Waals surface area contributed by atoms with Crippen LogP contribution in [-0.2, 0) is 20.7 Å². The standard InChI is InChI=1S/C24H30O5/c1-14(2)16-7-8-17-11-18(28-22(17)25)9-15(3)10-19-13-20(21(12-16)27-19)23(26)29-24(4,5)6/h10-11,13,16,18H,1,7-9,12H2,2-6H3/b15-10-/t16-,18-/m1/s1. The van der Waals surface area contributed by atoms with Crippen LogP contribution in [0.25, 0.3) is 6.08 Å². The smallest absolute Gasteiger partial charge is 0.342 e. The fraction of sp³-hybridized carbons (Fsp3) is 0.500. The summed E-state index contributed by atoms with van der Waals surface area (Å²) in [6.45, 7) is 13.6. The van der Waals surface area contributed by atoms with E-state index in [0.717, 1.165) is 23.1 Å². The Kier molecular flexibility index (Phi) is 5.87. The number of fused-ring (bicyclic) bond motifs is 3. The Labute approximate surface area is 172 Å². The van der Waals surface area contributed by atoms with Gasteiger partial charge in [0, 0.05) is 18.4 Å². The second-order valence-electron chi connectivity index (χ2n) is 9.10. The quantitative estimate of drug-likeness (QED) is 0.492. The van der Waals surface area contributed by atoms with Gasteiger partial charge in [-0.3, -0.25) is 0 Å². The second kappa shape index (κ2) is 8.05. The van der Waals surface area contributed by atoms with Gasteiger partial charge in [0.15, 0.2) is 0 Å². The van der Waals surface area contributed by atoms with E-state index in [4.69, 9.17) is 13.9 Å². The lowest BCUT2D eigenvalue weighted by atomic mass is 9.89. The van der Waals surface area contributed by atoms with Crippen molar-refractivity contribution < 1.29 is 23.5 Å². The van der Waals surface area contributed by atoms with Gasteiger partial charge in [-0.1, -0.05) is 17.7 Å². The summed E-state index contributed by atoms with van der Waals surface area (Å²) in [7, 11) is 0. The summed E-state index contributed by atoms with van der Waals surface area (Å²) < 4.78 is 17.1. The zero-order valence-electron chi connectivity index (χ0n) is 18.0. The molecule has 0 saturated heterocycles. The van der Waals surface area contributed by atoms with Crippen molar-refractivity contribution in [1.29, 1.82) is 0 Å². The summed E-state index contributed by atoms with van der Waals surface area (Å²) in [5, 5.41) is 0. The van der Waals surface area contributed by atoms with Crippen LogP contribution in [0.3, 0.4) is 0 Å². The number of carbonyl (C=O) groups is 2. The van der Waals surface area contributed by atoms with Crippen LogP contribution in [0.15, 0.2) is 39.9 Å². The molecule has 0 spiro atoms. The summed E-state index contributed by atoms with van der Waals surface area (Å²) in [6.07, 6.45) is 6.05. The molecule has 0 aliphatic carbocycles. The molecule has 0 amide bonds. The Bertz CT molecular complexity index is 891. The Balaban J connectivity index is 1.99. The minimum Gasteiger partial charge on any atom is -0.461 e. The van der Waals surface area contributed by atoms with Gasteiger partial charge >= 0.3 is 11.9 Å². The molecule has 2 aliphatic rings. The van der Waals surface area contributed by atoms with Gasteiger partial charge in [0.1, 0.15) is 28.8 Å². The lowest BCUT2D eigenvalue weighted by molar-refractivity contribution is -0.139. The molecule has 3 heterocycles. The van der Waals surface area contributed by atoms with Gasteiger partial charge in [-0.05, 0) is 71.6 Å². The van der Waals surface area contributed by atoms with Crippen LogP contribution in [-0.4, -0.2) is 23.6 Å². The molecule has 29 heavy (non-hydrogen) atoms. The predicted molar refractivity (Wildman–Crippen MR) is 111 cm³/mol. The molecule has 0 aromatic carbocycles. The van der Waals surface area contributed by atoms with E-state index in [9.17, 15) is 9.59 Å². The number of allylic oxidation sites excluding steroid dienone is 1. The van der Waals surface area contributed by atoms with Gasteiger partial charge in [-0.2, -0.15) is 0 Å². The topological polar surface area (TPSA) is 65.7 Å². The summed E-state index contributed by atoms with van der Waals surface area (Å²) in [4.78, 5) is 25.0. The van der Waals surface area contributed by atoms with E-state index in [2.05, 4.69) is 6.58 Å². The van der Waals surface area contributed by atoms with Gasteiger partial charge in [0.25, 0.3) is 0 Å². The van der Waals surface area contributed by atoms with Crippen molar-refractivity contribution in [1.82, 2.24) is 0 Å². The van der Waals surface area contributed by atoms with Gasteiger partial charge in [0.2, 0.25) is 0 Å². The SMILES string of the molecule is C=C(C)[C@@H]1CCC2=C[C@@H](C/C(C)=C\c3cc(C(=O)OC(C)(C)C)c(o3)C1)OC2=O. The minimum absolute atomic E-state index is 0.0776. The minimum atomic E-state index is -0.588. The fourth-order valence-corrected chi connectivity index (χ4v) is 3.70. The summed E-state index contributed by atoms with van der Waals surface area (Å²) in [5.41, 5.74) is 2.59. The normalized spacial score (nSPS) is 24.2. The highest BCUT2D eigenvalue weighted by atomic mass is 16.6. The van der Waals surface area contributed by atoms with Crippen LogP contribution >= 0.6 is 0 Å². The lowest BCUT2D eigenvalue weighted by Crippen LogP contribution is -2.24. The molecule has 4 bridgehead atoms. The summed E-state index contributed by atoms with van der Waals surface area (Å²) in [5.74, 6) is 0.669. The number of hydrogen-bond donors (Lipinski definition) is 0. The Morgan fingerprint density at radius 3 is 2.66 bits per heavy atom. The first-order chi connectivity index (χ1) is 13.5. The van der Waals surface area contributed by atoms with E-state index in [1.54, 1.807) is 6.07 Å². The molecule has 5 nitrogen and oxygen atoms in total. The number of esters is 2. The largest absolute Gasteiger partial charge is 0.461 e. The first-order valence-corrected chi connectivity index (χ1v) is 10.1. The van der Waals surface area contributed by atoms with Gasteiger partial charge in [-0.25, -0.2) is 9.59 Å². The average molecular weight is 398 g/mol. The number of hydrogen-bond acceptors (Lipinski definition) is 5. The summed E-state index contributed by atoms with van der Waals surface area (Å²) >= 11 is 0. The Morgan fingerprint density at radius 1 is 1.28 bits per heavy atom. The highest BCUT2D eigenvalue weighted by Gasteiger charge is 2.29. The van der Waals surface area contributed by atoms with E-state index in [-0.39, 0.29) is 24.0 Å². The molecule has 5 heteroatoms. The number of carbonyl (C=O) groups excluding carboxylic acids is 2. The first-order valence-electron chi connectivity index (χ1n) is 10.1. The highest BCUT2D eigenvalue weighted by Crippen LogP contribution is 2.32. The molecule has 0 fully saturated rings. The van der Waals surface area contributed by atoms with Gasteiger partial charge in [0.05, 0.1) is 0 Å². The first kappa shape index (κ1) is 21.2. The lowest BCUT2D eigenvalue weighted by Gasteiger charge is -2.20. The Hall–Kier alpha value is -2.56. The molecule has 0 radical (unpaired) electrons. The van der Waals surface area contributed by atoms with Crippen LogP contribution in [0.1, 0.15) is 75.8 Å². The molecule has 1 aromatic heterocycles. The maximum absolute atomic E-state index is 12.8. The molecule has 0 N–H and O–H groups in total. The van der Waals surface area contributed by atoms with E-state index < -0.39 is 5.60 Å². The van der Waals surface area contributed by atoms with Crippen molar-refractivity contribution >= 4 is 18.0 Å². The van der Waals surface area contributed by atoms with Crippen molar-refractivity contribution in [2.24, 2.45) is 5.92 Å². The second-order valence-corrected chi connectivity index (χ2v) is 9.10. The zero-order valence-corrected chi connectivity index (χ0v) is 18.0. The molecule has 156 valence electrons. The van der Waals surface area contributed by atoms with E-state index in [1.807, 2.05) is 46.8 Å². The fourth-order valence-electron chi connectivity index (χ4n) is 3.70. The van der Waals surface area contributed by atoms with Crippen molar-refractivity contribution in [2.75, 3.05) is 0 Å².